The third-order valence-electron chi connectivity index (χ3n) is 4.25. The second-order valence-electron chi connectivity index (χ2n) is 5.90. The molecule has 3 rings (SSSR count). The van der Waals surface area contributed by atoms with E-state index in [1.165, 1.54) is 16.7 Å². The molecule has 0 spiro atoms. The number of aromatic hydroxyl groups is 2. The van der Waals surface area contributed by atoms with Gasteiger partial charge < -0.3 is 19.5 Å². The number of nitrogens with zero attached hydrogens (tertiary/aromatic N) is 2. The standard InChI is InChI=1S/C20H18N2O4/c1-26-15-6-4-13(5-7-15)16-12-17-18(10-14(23)11-19(17)24)22(20(16)25)9-3-2-8-21/h4-7,10-12,23-24H,2-3,9H2,1H3. The summed E-state index contributed by atoms with van der Waals surface area (Å²) in [5.74, 6) is 0.445. The van der Waals surface area contributed by atoms with E-state index in [1.54, 1.807) is 37.4 Å². The van der Waals surface area contributed by atoms with Crippen LogP contribution < -0.4 is 10.3 Å². The van der Waals surface area contributed by atoms with Crippen molar-refractivity contribution in [1.82, 2.24) is 4.57 Å². The summed E-state index contributed by atoms with van der Waals surface area (Å²) in [4.78, 5) is 13.0. The fourth-order valence-electron chi connectivity index (χ4n) is 2.96. The fourth-order valence-corrected chi connectivity index (χ4v) is 2.96. The van der Waals surface area contributed by atoms with Crippen molar-refractivity contribution >= 4 is 10.9 Å². The van der Waals surface area contributed by atoms with Crippen LogP contribution in [0, 0.1) is 11.3 Å². The average molecular weight is 350 g/mol. The molecule has 0 aliphatic heterocycles. The van der Waals surface area contributed by atoms with E-state index in [9.17, 15) is 15.0 Å². The van der Waals surface area contributed by atoms with E-state index >= 15 is 0 Å². The largest absolute Gasteiger partial charge is 0.508 e. The third-order valence-corrected chi connectivity index (χ3v) is 4.25. The van der Waals surface area contributed by atoms with Gasteiger partial charge in [0.1, 0.15) is 17.2 Å². The number of benzene rings is 2. The summed E-state index contributed by atoms with van der Waals surface area (Å²) in [7, 11) is 1.57. The van der Waals surface area contributed by atoms with Crippen LogP contribution in [0.5, 0.6) is 17.2 Å². The molecule has 0 radical (unpaired) electrons. The molecule has 1 heterocycles. The number of methoxy groups -OCH3 is 1. The van der Waals surface area contributed by atoms with Gasteiger partial charge in [-0.3, -0.25) is 4.79 Å². The predicted octanol–water partition coefficient (Wildman–Crippen LogP) is 3.39. The highest BCUT2D eigenvalue weighted by atomic mass is 16.5. The van der Waals surface area contributed by atoms with E-state index in [0.29, 0.717) is 47.2 Å². The lowest BCUT2D eigenvalue weighted by atomic mass is 10.0. The highest BCUT2D eigenvalue weighted by Crippen LogP contribution is 2.32. The van der Waals surface area contributed by atoms with Gasteiger partial charge in [0.25, 0.3) is 5.56 Å². The van der Waals surface area contributed by atoms with Crippen LogP contribution in [0.1, 0.15) is 12.8 Å². The van der Waals surface area contributed by atoms with E-state index < -0.39 is 0 Å². The molecular weight excluding hydrogens is 332 g/mol. The van der Waals surface area contributed by atoms with Gasteiger partial charge in [-0.25, -0.2) is 0 Å². The van der Waals surface area contributed by atoms with Gasteiger partial charge in [0, 0.05) is 36.0 Å². The Morgan fingerprint density at radius 3 is 2.54 bits per heavy atom. The van der Waals surface area contributed by atoms with Crippen LogP contribution in [-0.2, 0) is 6.54 Å². The topological polar surface area (TPSA) is 95.5 Å². The smallest absolute Gasteiger partial charge is 0.258 e. The highest BCUT2D eigenvalue weighted by Gasteiger charge is 2.14. The molecule has 0 bridgehead atoms. The van der Waals surface area contributed by atoms with Crippen molar-refractivity contribution in [2.45, 2.75) is 19.4 Å². The molecular formula is C20H18N2O4. The van der Waals surface area contributed by atoms with E-state index in [2.05, 4.69) is 6.07 Å². The maximum absolute atomic E-state index is 13.0. The average Bonchev–Trinajstić information content (AvgIpc) is 2.63. The summed E-state index contributed by atoms with van der Waals surface area (Å²) >= 11 is 0. The van der Waals surface area contributed by atoms with Crippen molar-refractivity contribution in [2.75, 3.05) is 7.11 Å². The normalized spacial score (nSPS) is 10.6. The summed E-state index contributed by atoms with van der Waals surface area (Å²) < 4.78 is 6.64. The van der Waals surface area contributed by atoms with E-state index in [0.717, 1.165) is 0 Å². The van der Waals surface area contributed by atoms with Crippen molar-refractivity contribution in [2.24, 2.45) is 0 Å². The van der Waals surface area contributed by atoms with Crippen LogP contribution in [-0.4, -0.2) is 21.9 Å². The molecule has 1 aromatic heterocycles. The maximum Gasteiger partial charge on any atom is 0.258 e. The minimum Gasteiger partial charge on any atom is -0.508 e. The summed E-state index contributed by atoms with van der Waals surface area (Å²) in [6, 6.07) is 13.4. The minimum absolute atomic E-state index is 0.108. The number of phenolic OH excluding ortho intramolecular Hbond substituents is 2. The number of hydrogen-bond donors (Lipinski definition) is 2. The molecule has 0 saturated heterocycles. The molecule has 132 valence electrons. The number of unbranched alkanes of at least 4 members (excludes halogenated alkanes) is 1. The Morgan fingerprint density at radius 1 is 1.15 bits per heavy atom. The molecule has 3 aromatic rings. The molecule has 0 unspecified atom stereocenters. The molecule has 2 aromatic carbocycles. The lowest BCUT2D eigenvalue weighted by molar-refractivity contribution is 0.415. The number of fused-ring (bicyclic) bond motifs is 1. The molecule has 0 saturated carbocycles. The van der Waals surface area contributed by atoms with Gasteiger partial charge in [-0.2, -0.15) is 5.26 Å². The SMILES string of the molecule is COc1ccc(-c2cc3c(O)cc(O)cc3n(CCCC#N)c2=O)cc1. The summed E-state index contributed by atoms with van der Waals surface area (Å²) in [5.41, 5.74) is 1.31. The monoisotopic (exact) mass is 350 g/mol. The zero-order chi connectivity index (χ0) is 18.7. The number of rotatable bonds is 5. The van der Waals surface area contributed by atoms with Crippen molar-refractivity contribution < 1.29 is 14.9 Å². The van der Waals surface area contributed by atoms with Gasteiger partial charge >= 0.3 is 0 Å². The van der Waals surface area contributed by atoms with Crippen LogP contribution in [0.3, 0.4) is 0 Å². The summed E-state index contributed by atoms with van der Waals surface area (Å²) in [5, 5.41) is 29.3. The maximum atomic E-state index is 13.0. The molecule has 2 N–H and O–H groups in total. The number of nitriles is 1. The van der Waals surface area contributed by atoms with Crippen LogP contribution in [0.15, 0.2) is 47.3 Å². The van der Waals surface area contributed by atoms with Crippen molar-refractivity contribution in [3.05, 3.63) is 52.8 Å². The summed E-state index contributed by atoms with van der Waals surface area (Å²) in [6.45, 7) is 0.315. The quantitative estimate of drug-likeness (QED) is 0.688. The van der Waals surface area contributed by atoms with Gasteiger partial charge in [0.15, 0.2) is 0 Å². The number of phenols is 2. The van der Waals surface area contributed by atoms with E-state index in [-0.39, 0.29) is 17.1 Å². The second kappa shape index (κ2) is 7.19. The first-order valence-corrected chi connectivity index (χ1v) is 8.16. The van der Waals surface area contributed by atoms with Crippen LogP contribution in [0.4, 0.5) is 0 Å². The molecule has 0 aliphatic carbocycles. The number of ether oxygens (including phenoxy) is 1. The number of aromatic nitrogens is 1. The summed E-state index contributed by atoms with van der Waals surface area (Å²) in [6.07, 6.45) is 0.805. The van der Waals surface area contributed by atoms with Crippen LogP contribution in [0.2, 0.25) is 0 Å². The van der Waals surface area contributed by atoms with Crippen molar-refractivity contribution in [3.63, 3.8) is 0 Å². The molecule has 26 heavy (non-hydrogen) atoms. The van der Waals surface area contributed by atoms with Crippen molar-refractivity contribution in [1.29, 1.82) is 5.26 Å². The van der Waals surface area contributed by atoms with Crippen LogP contribution >= 0.6 is 0 Å². The number of hydrogen-bond acceptors (Lipinski definition) is 5. The molecule has 6 nitrogen and oxygen atoms in total. The van der Waals surface area contributed by atoms with Gasteiger partial charge in [-0.15, -0.1) is 0 Å². The zero-order valence-corrected chi connectivity index (χ0v) is 14.3. The highest BCUT2D eigenvalue weighted by molar-refractivity contribution is 5.90. The predicted molar refractivity (Wildman–Crippen MR) is 98.4 cm³/mol. The van der Waals surface area contributed by atoms with Gasteiger partial charge in [-0.05, 0) is 30.2 Å². The van der Waals surface area contributed by atoms with Crippen LogP contribution in [0.25, 0.3) is 22.0 Å². The van der Waals surface area contributed by atoms with Gasteiger partial charge in [0.05, 0.1) is 18.7 Å². The van der Waals surface area contributed by atoms with Gasteiger partial charge in [0.2, 0.25) is 0 Å². The Hall–Kier alpha value is -3.46. The lowest BCUT2D eigenvalue weighted by Crippen LogP contribution is -2.22. The first kappa shape index (κ1) is 17.4. The Morgan fingerprint density at radius 2 is 1.88 bits per heavy atom. The number of pyridine rings is 1. The molecule has 0 aliphatic rings. The van der Waals surface area contributed by atoms with E-state index in [1.807, 2.05) is 0 Å². The van der Waals surface area contributed by atoms with Gasteiger partial charge in [-0.1, -0.05) is 12.1 Å². The zero-order valence-electron chi connectivity index (χ0n) is 14.3. The Labute approximate surface area is 150 Å². The molecule has 0 fully saturated rings. The first-order chi connectivity index (χ1) is 12.5. The first-order valence-electron chi connectivity index (χ1n) is 8.16. The van der Waals surface area contributed by atoms with Crippen molar-refractivity contribution in [3.8, 4) is 34.4 Å². The Balaban J connectivity index is 2.24. The Kier molecular flexibility index (Phi) is 4.81. The lowest BCUT2D eigenvalue weighted by Gasteiger charge is -2.14. The van der Waals surface area contributed by atoms with E-state index in [4.69, 9.17) is 10.00 Å². The third kappa shape index (κ3) is 3.20. The second-order valence-corrected chi connectivity index (χ2v) is 5.90. The fraction of sp³-hybridized carbons (Fsp3) is 0.200. The Bertz CT molecular complexity index is 1050. The molecule has 0 amide bonds. The minimum atomic E-state index is -0.245. The molecule has 6 heteroatoms. The molecule has 0 atom stereocenters. The number of aryl methyl sites for hydroxylation is 1.